The maximum Gasteiger partial charge on any atom is 0.311 e. The van der Waals surface area contributed by atoms with Crippen molar-refractivity contribution in [2.24, 2.45) is 0 Å². The van der Waals surface area contributed by atoms with E-state index >= 15 is 0 Å². The highest BCUT2D eigenvalue weighted by molar-refractivity contribution is 6.01. The Bertz CT molecular complexity index is 304. The molecule has 0 saturated heterocycles. The molecule has 0 amide bonds. The molecule has 4 nitrogen and oxygen atoms in total. The van der Waals surface area contributed by atoms with Gasteiger partial charge in [-0.3, -0.25) is 9.59 Å². The number of Topliss-reactive ketones (excluding diaryl/α,β-unsaturated/α-hetero) is 1. The topological polar surface area (TPSA) is 52.6 Å². The lowest BCUT2D eigenvalue weighted by Gasteiger charge is -2.04. The van der Waals surface area contributed by atoms with Crippen LogP contribution in [-0.4, -0.2) is 17.9 Å². The summed E-state index contributed by atoms with van der Waals surface area (Å²) in [6.07, 6.45) is 1.14. The molecule has 0 saturated carbocycles. The van der Waals surface area contributed by atoms with Crippen molar-refractivity contribution in [3.63, 3.8) is 0 Å². The average molecular weight is 212 g/mol. The number of rotatable bonds is 4. The number of carbonyl (C=O) groups excluding carboxylic acids is 2. The van der Waals surface area contributed by atoms with Gasteiger partial charge in [0.25, 0.3) is 0 Å². The molecule has 0 aliphatic carbocycles. The van der Waals surface area contributed by atoms with Gasteiger partial charge in [-0.25, -0.2) is 0 Å². The van der Waals surface area contributed by atoms with Crippen LogP contribution in [0.2, 0.25) is 0 Å². The Kier molecular flexibility index (Phi) is 3.88. The van der Waals surface area contributed by atoms with E-state index in [1.807, 2.05) is 13.8 Å². The van der Waals surface area contributed by atoms with Gasteiger partial charge in [0.1, 0.15) is 5.76 Å². The molecule has 15 heavy (non-hydrogen) atoms. The summed E-state index contributed by atoms with van der Waals surface area (Å²) >= 11 is 0. The number of carbonyl (C=O) groups is 2. The van der Waals surface area contributed by atoms with Crippen molar-refractivity contribution in [1.29, 1.82) is 0 Å². The molecular weight excluding hydrogens is 196 g/mol. The van der Waals surface area contributed by atoms with Crippen LogP contribution in [0.5, 0.6) is 0 Å². The van der Waals surface area contributed by atoms with Crippen LogP contribution in [0.1, 0.15) is 40.0 Å². The van der Waals surface area contributed by atoms with Crippen molar-refractivity contribution in [2.75, 3.05) is 0 Å². The van der Waals surface area contributed by atoms with E-state index in [-0.39, 0.29) is 17.5 Å². The first kappa shape index (κ1) is 11.8. The largest absolute Gasteiger partial charge is 0.483 e. The maximum absolute atomic E-state index is 11.6. The normalized spacial score (nSPS) is 20.5. The Morgan fingerprint density at radius 3 is 2.60 bits per heavy atom. The van der Waals surface area contributed by atoms with Crippen LogP contribution >= 0.6 is 0 Å². The van der Waals surface area contributed by atoms with Gasteiger partial charge in [-0.05, 0) is 19.8 Å². The maximum atomic E-state index is 11.6. The van der Waals surface area contributed by atoms with Crippen LogP contribution < -0.4 is 0 Å². The predicted molar refractivity (Wildman–Crippen MR) is 53.9 cm³/mol. The minimum absolute atomic E-state index is 0.0836. The smallest absolute Gasteiger partial charge is 0.311 e. The van der Waals surface area contributed by atoms with E-state index < -0.39 is 6.10 Å². The molecule has 1 unspecified atom stereocenters. The first-order chi connectivity index (χ1) is 7.10. The highest BCUT2D eigenvalue weighted by atomic mass is 16.6. The standard InChI is InChI=1S/C11H16O4/c1-4-6-9(12)15-11-7(3)14-8(5-2)10(11)13/h8H,4-6H2,1-3H3. The third-order valence-electron chi connectivity index (χ3n) is 2.20. The molecule has 1 rings (SSSR count). The van der Waals surface area contributed by atoms with Crippen LogP contribution in [0.15, 0.2) is 11.5 Å². The summed E-state index contributed by atoms with van der Waals surface area (Å²) in [6, 6.07) is 0. The van der Waals surface area contributed by atoms with Crippen LogP contribution in [-0.2, 0) is 19.1 Å². The van der Waals surface area contributed by atoms with Gasteiger partial charge in [-0.15, -0.1) is 0 Å². The highest BCUT2D eigenvalue weighted by Gasteiger charge is 2.34. The molecule has 0 bridgehead atoms. The molecule has 84 valence electrons. The minimum atomic E-state index is -0.477. The van der Waals surface area contributed by atoms with Gasteiger partial charge in [-0.2, -0.15) is 0 Å². The number of esters is 1. The van der Waals surface area contributed by atoms with Crippen LogP contribution in [0.25, 0.3) is 0 Å². The highest BCUT2D eigenvalue weighted by Crippen LogP contribution is 2.24. The Morgan fingerprint density at radius 2 is 2.13 bits per heavy atom. The third-order valence-corrected chi connectivity index (χ3v) is 2.20. The number of hydrogen-bond donors (Lipinski definition) is 0. The summed E-state index contributed by atoms with van der Waals surface area (Å²) in [5, 5.41) is 0. The van der Waals surface area contributed by atoms with Gasteiger partial charge < -0.3 is 9.47 Å². The molecule has 0 N–H and O–H groups in total. The fraction of sp³-hybridized carbons (Fsp3) is 0.636. The average Bonchev–Trinajstić information content (AvgIpc) is 2.45. The zero-order valence-electron chi connectivity index (χ0n) is 9.33. The molecule has 1 aliphatic heterocycles. The van der Waals surface area contributed by atoms with Gasteiger partial charge in [0, 0.05) is 6.42 Å². The third kappa shape index (κ3) is 2.58. The monoisotopic (exact) mass is 212 g/mol. The fourth-order valence-corrected chi connectivity index (χ4v) is 1.40. The molecule has 0 aromatic heterocycles. The number of hydrogen-bond acceptors (Lipinski definition) is 4. The second kappa shape index (κ2) is 4.96. The Labute approximate surface area is 89.2 Å². The van der Waals surface area contributed by atoms with Crippen molar-refractivity contribution in [2.45, 2.75) is 46.1 Å². The van der Waals surface area contributed by atoms with Crippen molar-refractivity contribution in [1.82, 2.24) is 0 Å². The van der Waals surface area contributed by atoms with Gasteiger partial charge in [0.05, 0.1) is 0 Å². The van der Waals surface area contributed by atoms with Gasteiger partial charge in [-0.1, -0.05) is 13.8 Å². The first-order valence-corrected chi connectivity index (χ1v) is 5.22. The molecule has 0 aromatic rings. The molecule has 1 atom stereocenters. The van der Waals surface area contributed by atoms with E-state index in [1.165, 1.54) is 0 Å². The second-order valence-electron chi connectivity index (χ2n) is 3.49. The summed E-state index contributed by atoms with van der Waals surface area (Å²) in [5.41, 5.74) is 0. The predicted octanol–water partition coefficient (Wildman–Crippen LogP) is 1.94. The summed E-state index contributed by atoms with van der Waals surface area (Å²) in [6.45, 7) is 5.37. The fourth-order valence-electron chi connectivity index (χ4n) is 1.40. The van der Waals surface area contributed by atoms with E-state index in [9.17, 15) is 9.59 Å². The molecule has 0 aromatic carbocycles. The minimum Gasteiger partial charge on any atom is -0.483 e. The lowest BCUT2D eigenvalue weighted by molar-refractivity contribution is -0.142. The molecule has 0 fully saturated rings. The molecule has 1 aliphatic rings. The zero-order valence-corrected chi connectivity index (χ0v) is 9.33. The summed E-state index contributed by atoms with van der Waals surface area (Å²) in [4.78, 5) is 22.8. The van der Waals surface area contributed by atoms with E-state index in [0.717, 1.165) is 0 Å². The Balaban J connectivity index is 2.65. The van der Waals surface area contributed by atoms with Crippen molar-refractivity contribution in [3.8, 4) is 0 Å². The lowest BCUT2D eigenvalue weighted by Crippen LogP contribution is -2.19. The van der Waals surface area contributed by atoms with Crippen molar-refractivity contribution in [3.05, 3.63) is 11.5 Å². The number of ether oxygens (including phenoxy) is 2. The second-order valence-corrected chi connectivity index (χ2v) is 3.49. The summed E-state index contributed by atoms with van der Waals surface area (Å²) in [7, 11) is 0. The Hall–Kier alpha value is -1.32. The molecule has 0 radical (unpaired) electrons. The van der Waals surface area contributed by atoms with Gasteiger partial charge >= 0.3 is 5.97 Å². The lowest BCUT2D eigenvalue weighted by atomic mass is 10.2. The first-order valence-electron chi connectivity index (χ1n) is 5.22. The summed E-state index contributed by atoms with van der Waals surface area (Å²) < 4.78 is 10.2. The van der Waals surface area contributed by atoms with Crippen molar-refractivity contribution >= 4 is 11.8 Å². The Morgan fingerprint density at radius 1 is 1.47 bits per heavy atom. The van der Waals surface area contributed by atoms with Crippen LogP contribution in [0, 0.1) is 0 Å². The van der Waals surface area contributed by atoms with Crippen LogP contribution in [0.4, 0.5) is 0 Å². The van der Waals surface area contributed by atoms with E-state index in [1.54, 1.807) is 6.92 Å². The van der Waals surface area contributed by atoms with Gasteiger partial charge in [0.2, 0.25) is 11.5 Å². The molecule has 1 heterocycles. The number of ketones is 1. The van der Waals surface area contributed by atoms with Gasteiger partial charge in [0.15, 0.2) is 6.10 Å². The van der Waals surface area contributed by atoms with E-state index in [0.29, 0.717) is 25.0 Å². The number of allylic oxidation sites excluding steroid dienone is 1. The van der Waals surface area contributed by atoms with Crippen LogP contribution in [0.3, 0.4) is 0 Å². The SMILES string of the molecule is CCCC(=O)OC1=C(C)OC(CC)C1=O. The van der Waals surface area contributed by atoms with E-state index in [4.69, 9.17) is 9.47 Å². The van der Waals surface area contributed by atoms with Crippen molar-refractivity contribution < 1.29 is 19.1 Å². The molecule has 0 spiro atoms. The quantitative estimate of drug-likeness (QED) is 0.668. The zero-order chi connectivity index (χ0) is 11.4. The van der Waals surface area contributed by atoms with E-state index in [2.05, 4.69) is 0 Å². The molecular formula is C11H16O4. The summed E-state index contributed by atoms with van der Waals surface area (Å²) in [5.74, 6) is -0.100. The molecule has 4 heteroatoms.